The molecule has 1 aliphatic heterocycles. The fourth-order valence-corrected chi connectivity index (χ4v) is 5.58. The minimum atomic E-state index is -3.93. The van der Waals surface area contributed by atoms with Crippen molar-refractivity contribution < 1.29 is 13.2 Å². The van der Waals surface area contributed by atoms with E-state index in [9.17, 15) is 13.2 Å². The highest BCUT2D eigenvalue weighted by Crippen LogP contribution is 2.31. The standard InChI is InChI=1S/C17H16N4O3S2/c1-18-17(22)14-9-11-5-2-3-6-12(11)10-21(14)26(23,24)15-8-4-7-13-16(15)20-25-19-13/h2-8,14H,9-10H2,1H3,(H,18,22)/t14-/m1/s1. The second-order valence-electron chi connectivity index (χ2n) is 6.04. The van der Waals surface area contributed by atoms with Crippen molar-refractivity contribution in [3.8, 4) is 0 Å². The quantitative estimate of drug-likeness (QED) is 0.735. The first-order valence-corrected chi connectivity index (χ1v) is 10.2. The third kappa shape index (κ3) is 2.68. The first-order chi connectivity index (χ1) is 12.5. The van der Waals surface area contributed by atoms with E-state index >= 15 is 0 Å². The highest BCUT2D eigenvalue weighted by Gasteiger charge is 2.40. The second kappa shape index (κ2) is 6.42. The first kappa shape index (κ1) is 17.1. The molecule has 0 fully saturated rings. The minimum absolute atomic E-state index is 0.0806. The number of amides is 1. The molecule has 1 aromatic heterocycles. The van der Waals surface area contributed by atoms with Gasteiger partial charge in [0.15, 0.2) is 0 Å². The smallest absolute Gasteiger partial charge is 0.246 e. The molecule has 134 valence electrons. The van der Waals surface area contributed by atoms with Crippen LogP contribution in [0.3, 0.4) is 0 Å². The summed E-state index contributed by atoms with van der Waals surface area (Å²) in [7, 11) is -2.42. The van der Waals surface area contributed by atoms with Crippen molar-refractivity contribution in [2.24, 2.45) is 0 Å². The number of aromatic nitrogens is 2. The van der Waals surface area contributed by atoms with Gasteiger partial charge in [0.1, 0.15) is 22.0 Å². The molecule has 0 spiro atoms. The number of sulfonamides is 1. The maximum Gasteiger partial charge on any atom is 0.246 e. The largest absolute Gasteiger partial charge is 0.358 e. The van der Waals surface area contributed by atoms with Crippen LogP contribution in [0, 0.1) is 0 Å². The van der Waals surface area contributed by atoms with Crippen molar-refractivity contribution in [3.05, 3.63) is 53.6 Å². The fourth-order valence-electron chi connectivity index (χ4n) is 3.26. The second-order valence-corrected chi connectivity index (χ2v) is 8.43. The zero-order valence-electron chi connectivity index (χ0n) is 13.9. The number of fused-ring (bicyclic) bond motifs is 2. The van der Waals surface area contributed by atoms with Crippen LogP contribution in [0.15, 0.2) is 47.4 Å². The molecule has 0 aliphatic carbocycles. The van der Waals surface area contributed by atoms with Crippen molar-refractivity contribution >= 4 is 38.7 Å². The van der Waals surface area contributed by atoms with Gasteiger partial charge in [-0.25, -0.2) is 8.42 Å². The summed E-state index contributed by atoms with van der Waals surface area (Å²) in [6, 6.07) is 11.7. The SMILES string of the molecule is CNC(=O)[C@H]1Cc2ccccc2CN1S(=O)(=O)c1cccc2nsnc12. The Morgan fingerprint density at radius 1 is 1.15 bits per heavy atom. The number of carbonyl (C=O) groups excluding carboxylic acids is 1. The van der Waals surface area contributed by atoms with Gasteiger partial charge in [0.05, 0.1) is 11.7 Å². The Balaban J connectivity index is 1.85. The molecule has 26 heavy (non-hydrogen) atoms. The molecule has 2 heterocycles. The summed E-state index contributed by atoms with van der Waals surface area (Å²) in [5.41, 5.74) is 2.76. The maximum atomic E-state index is 13.4. The van der Waals surface area contributed by atoms with E-state index in [0.717, 1.165) is 22.9 Å². The maximum absolute atomic E-state index is 13.4. The Labute approximate surface area is 155 Å². The number of rotatable bonds is 3. The monoisotopic (exact) mass is 388 g/mol. The third-order valence-electron chi connectivity index (χ3n) is 4.59. The number of carbonyl (C=O) groups is 1. The summed E-state index contributed by atoms with van der Waals surface area (Å²) >= 11 is 0.968. The average molecular weight is 388 g/mol. The number of benzene rings is 2. The van der Waals surface area contributed by atoms with Crippen molar-refractivity contribution in [3.63, 3.8) is 0 Å². The van der Waals surface area contributed by atoms with Gasteiger partial charge < -0.3 is 5.32 Å². The summed E-state index contributed by atoms with van der Waals surface area (Å²) in [6.45, 7) is 0.143. The molecule has 1 aliphatic rings. The summed E-state index contributed by atoms with van der Waals surface area (Å²) in [6.07, 6.45) is 0.334. The average Bonchev–Trinajstić information content (AvgIpc) is 3.15. The summed E-state index contributed by atoms with van der Waals surface area (Å²) < 4.78 is 36.4. The van der Waals surface area contributed by atoms with Crippen molar-refractivity contribution in [1.29, 1.82) is 0 Å². The van der Waals surface area contributed by atoms with E-state index in [1.54, 1.807) is 12.1 Å². The van der Waals surface area contributed by atoms with Gasteiger partial charge in [0.25, 0.3) is 0 Å². The molecule has 1 amide bonds. The Morgan fingerprint density at radius 3 is 2.69 bits per heavy atom. The van der Waals surface area contributed by atoms with E-state index in [-0.39, 0.29) is 17.3 Å². The van der Waals surface area contributed by atoms with Crippen LogP contribution in [-0.2, 0) is 27.8 Å². The Morgan fingerprint density at radius 2 is 1.92 bits per heavy atom. The van der Waals surface area contributed by atoms with E-state index in [1.165, 1.54) is 17.4 Å². The van der Waals surface area contributed by atoms with Gasteiger partial charge in [-0.05, 0) is 29.7 Å². The minimum Gasteiger partial charge on any atom is -0.358 e. The van der Waals surface area contributed by atoms with Crippen LogP contribution in [0.5, 0.6) is 0 Å². The predicted octanol–water partition coefficient (Wildman–Crippen LogP) is 1.55. The fraction of sp³-hybridized carbons (Fsp3) is 0.235. The molecule has 0 saturated heterocycles. The Bertz CT molecular complexity index is 1090. The topological polar surface area (TPSA) is 92.3 Å². The van der Waals surface area contributed by atoms with Crippen LogP contribution in [0.2, 0.25) is 0 Å². The van der Waals surface area contributed by atoms with Gasteiger partial charge in [-0.15, -0.1) is 0 Å². The predicted molar refractivity (Wildman–Crippen MR) is 98.1 cm³/mol. The molecule has 4 rings (SSSR count). The van der Waals surface area contributed by atoms with Crippen molar-refractivity contribution in [2.45, 2.75) is 23.9 Å². The van der Waals surface area contributed by atoms with E-state index < -0.39 is 16.1 Å². The van der Waals surface area contributed by atoms with Gasteiger partial charge in [-0.1, -0.05) is 30.3 Å². The summed E-state index contributed by atoms with van der Waals surface area (Å²) in [5.74, 6) is -0.327. The molecule has 1 atom stereocenters. The number of nitrogens with one attached hydrogen (secondary N) is 1. The van der Waals surface area contributed by atoms with E-state index in [2.05, 4.69) is 14.1 Å². The Kier molecular flexibility index (Phi) is 4.22. The molecule has 0 radical (unpaired) electrons. The molecule has 2 aromatic carbocycles. The van der Waals surface area contributed by atoms with Gasteiger partial charge >= 0.3 is 0 Å². The van der Waals surface area contributed by atoms with Gasteiger partial charge in [-0.3, -0.25) is 4.79 Å². The normalized spacial score (nSPS) is 17.8. The van der Waals surface area contributed by atoms with E-state index in [4.69, 9.17) is 0 Å². The molecule has 0 saturated carbocycles. The highest BCUT2D eigenvalue weighted by molar-refractivity contribution is 7.89. The molecule has 1 N–H and O–H groups in total. The van der Waals surface area contributed by atoms with Crippen LogP contribution >= 0.6 is 11.7 Å². The van der Waals surface area contributed by atoms with E-state index in [0.29, 0.717) is 17.5 Å². The lowest BCUT2D eigenvalue weighted by atomic mass is 9.95. The van der Waals surface area contributed by atoms with Crippen LogP contribution in [0.4, 0.5) is 0 Å². The Hall–Kier alpha value is -2.36. The lowest BCUT2D eigenvalue weighted by Gasteiger charge is -2.34. The van der Waals surface area contributed by atoms with E-state index in [1.807, 2.05) is 24.3 Å². The highest BCUT2D eigenvalue weighted by atomic mass is 32.2. The van der Waals surface area contributed by atoms with Crippen LogP contribution in [0.25, 0.3) is 11.0 Å². The molecular weight excluding hydrogens is 372 g/mol. The first-order valence-electron chi connectivity index (χ1n) is 8.04. The third-order valence-corrected chi connectivity index (χ3v) is 7.02. The van der Waals surface area contributed by atoms with Gasteiger partial charge in [-0.2, -0.15) is 13.1 Å². The number of likely N-dealkylation sites (N-methyl/N-ethyl adjacent to an activating group) is 1. The summed E-state index contributed by atoms with van der Waals surface area (Å²) in [4.78, 5) is 12.5. The zero-order chi connectivity index (χ0) is 18.3. The molecule has 0 unspecified atom stereocenters. The van der Waals surface area contributed by atoms with Gasteiger partial charge in [0, 0.05) is 13.6 Å². The molecule has 9 heteroatoms. The van der Waals surface area contributed by atoms with Crippen molar-refractivity contribution in [2.75, 3.05) is 7.05 Å². The van der Waals surface area contributed by atoms with Crippen LogP contribution in [0.1, 0.15) is 11.1 Å². The van der Waals surface area contributed by atoms with Crippen LogP contribution in [-0.4, -0.2) is 40.5 Å². The zero-order valence-corrected chi connectivity index (χ0v) is 15.5. The van der Waals surface area contributed by atoms with Gasteiger partial charge in [0.2, 0.25) is 15.9 Å². The lowest BCUT2D eigenvalue weighted by molar-refractivity contribution is -0.124. The molecular formula is C17H16N4O3S2. The number of hydrogen-bond donors (Lipinski definition) is 1. The van der Waals surface area contributed by atoms with Crippen molar-refractivity contribution in [1.82, 2.24) is 18.4 Å². The molecule has 3 aromatic rings. The number of hydrogen-bond acceptors (Lipinski definition) is 6. The lowest BCUT2D eigenvalue weighted by Crippen LogP contribution is -2.51. The molecule has 7 nitrogen and oxygen atoms in total. The number of nitrogens with zero attached hydrogens (tertiary/aromatic N) is 3. The molecule has 0 bridgehead atoms. The van der Waals surface area contributed by atoms with Crippen LogP contribution < -0.4 is 5.32 Å². The summed E-state index contributed by atoms with van der Waals surface area (Å²) in [5, 5.41) is 2.58.